The van der Waals surface area contributed by atoms with Crippen LogP contribution in [0, 0.1) is 11.2 Å². The number of halogens is 1. The van der Waals surface area contributed by atoms with E-state index in [1.807, 2.05) is 6.92 Å². The maximum Gasteiger partial charge on any atom is 0.350 e. The van der Waals surface area contributed by atoms with Crippen LogP contribution in [0.3, 0.4) is 0 Å². The highest BCUT2D eigenvalue weighted by Crippen LogP contribution is 2.33. The van der Waals surface area contributed by atoms with Crippen molar-refractivity contribution in [2.75, 3.05) is 18.5 Å². The number of amidine groups is 1. The number of ether oxygens (including phenoxy) is 2. The van der Waals surface area contributed by atoms with E-state index < -0.39 is 23.5 Å². The van der Waals surface area contributed by atoms with Crippen molar-refractivity contribution in [1.82, 2.24) is 24.7 Å². The van der Waals surface area contributed by atoms with Crippen LogP contribution >= 0.6 is 0 Å². The first-order valence-corrected chi connectivity index (χ1v) is 12.5. The lowest BCUT2D eigenvalue weighted by Crippen LogP contribution is -2.18. The van der Waals surface area contributed by atoms with E-state index in [0.29, 0.717) is 24.1 Å². The van der Waals surface area contributed by atoms with Crippen molar-refractivity contribution in [1.29, 1.82) is 5.41 Å². The number of rotatable bonds is 12. The van der Waals surface area contributed by atoms with Gasteiger partial charge in [0.25, 0.3) is 5.95 Å². The molecular formula is C27H29FN8O4. The summed E-state index contributed by atoms with van der Waals surface area (Å²) in [6.45, 7) is 3.51. The number of aromatic nitrogens is 5. The molecule has 13 heteroatoms. The third kappa shape index (κ3) is 6.67. The smallest absolute Gasteiger partial charge is 0.350 e. The van der Waals surface area contributed by atoms with E-state index in [2.05, 4.69) is 25.4 Å². The number of nitrogen functional groups attached to an aromatic ring is 1. The van der Waals surface area contributed by atoms with Gasteiger partial charge < -0.3 is 20.5 Å². The molecule has 0 aliphatic carbocycles. The Bertz CT molecular complexity index is 1540. The number of nitrogens with zero attached hydrogens (tertiary/aromatic N) is 4. The van der Waals surface area contributed by atoms with Crippen molar-refractivity contribution in [3.05, 3.63) is 93.7 Å². The molecule has 2 aromatic heterocycles. The number of carbonyl (C=O) groups excluding carboxylic acids is 1. The molecule has 0 aliphatic heterocycles. The van der Waals surface area contributed by atoms with E-state index >= 15 is 4.39 Å². The third-order valence-electron chi connectivity index (χ3n) is 5.86. The second-order valence-corrected chi connectivity index (χ2v) is 8.74. The molecule has 1 atom stereocenters. The Morgan fingerprint density at radius 3 is 2.58 bits per heavy atom. The maximum absolute atomic E-state index is 16.0. The van der Waals surface area contributed by atoms with Crippen LogP contribution in [0.4, 0.5) is 10.1 Å². The van der Waals surface area contributed by atoms with Crippen molar-refractivity contribution < 1.29 is 18.7 Å². The second-order valence-electron chi connectivity index (χ2n) is 8.74. The first-order chi connectivity index (χ1) is 19.3. The zero-order valence-corrected chi connectivity index (χ0v) is 22.0. The van der Waals surface area contributed by atoms with Gasteiger partial charge in [0.15, 0.2) is 17.4 Å². The molecule has 4 aromatic rings. The molecule has 0 amide bonds. The Kier molecular flexibility index (Phi) is 8.84. The molecule has 0 fully saturated rings. The quantitative estimate of drug-likeness (QED) is 0.0898. The molecule has 2 heterocycles. The van der Waals surface area contributed by atoms with Crippen molar-refractivity contribution >= 4 is 17.5 Å². The maximum atomic E-state index is 16.0. The molecule has 0 saturated heterocycles. The summed E-state index contributed by atoms with van der Waals surface area (Å²) in [4.78, 5) is 34.7. The highest BCUT2D eigenvalue weighted by Gasteiger charge is 2.26. The van der Waals surface area contributed by atoms with Crippen molar-refractivity contribution in [2.24, 2.45) is 5.73 Å². The van der Waals surface area contributed by atoms with Crippen LogP contribution < -0.4 is 21.5 Å². The summed E-state index contributed by atoms with van der Waals surface area (Å²) >= 11 is 0. The summed E-state index contributed by atoms with van der Waals surface area (Å²) in [7, 11) is 0. The molecular weight excluding hydrogens is 519 g/mol. The molecule has 0 spiro atoms. The average Bonchev–Trinajstić information content (AvgIpc) is 3.34. The minimum absolute atomic E-state index is 0.0177. The van der Waals surface area contributed by atoms with Crippen LogP contribution in [0.25, 0.3) is 5.95 Å². The number of aryl methyl sites for hydroxylation is 1. The largest absolute Gasteiger partial charge is 0.490 e. The fraction of sp³-hybridized carbons (Fsp3) is 0.259. The van der Waals surface area contributed by atoms with Gasteiger partial charge in [-0.3, -0.25) is 15.2 Å². The van der Waals surface area contributed by atoms with E-state index in [4.69, 9.17) is 20.6 Å². The van der Waals surface area contributed by atoms with Crippen LogP contribution in [0.1, 0.15) is 48.8 Å². The van der Waals surface area contributed by atoms with Crippen molar-refractivity contribution in [3.8, 4) is 11.7 Å². The zero-order valence-electron chi connectivity index (χ0n) is 22.0. The van der Waals surface area contributed by atoms with Crippen LogP contribution in [-0.4, -0.2) is 49.8 Å². The summed E-state index contributed by atoms with van der Waals surface area (Å²) in [5.41, 5.74) is 7.02. The van der Waals surface area contributed by atoms with E-state index in [1.165, 1.54) is 19.3 Å². The monoisotopic (exact) mass is 548 g/mol. The second kappa shape index (κ2) is 12.7. The molecule has 2 aromatic carbocycles. The lowest BCUT2D eigenvalue weighted by molar-refractivity contribution is -0.141. The summed E-state index contributed by atoms with van der Waals surface area (Å²) in [5, 5.41) is 15.2. The summed E-state index contributed by atoms with van der Waals surface area (Å²) in [6.07, 6.45) is 3.92. The summed E-state index contributed by atoms with van der Waals surface area (Å²) < 4.78 is 27.7. The Morgan fingerprint density at radius 1 is 1.20 bits per heavy atom. The SMILES string of the molecule is CCc1cc(OCCCOC(C)=O)c(F)c(C(Nc2ccc(C(=N)N)cc2)c2nn(-c3ncccn3)c(=O)[nH]2)c1. The number of anilines is 1. The van der Waals surface area contributed by atoms with Crippen LogP contribution in [0.2, 0.25) is 0 Å². The Hall–Kier alpha value is -5.07. The Morgan fingerprint density at radius 2 is 1.93 bits per heavy atom. The molecule has 0 radical (unpaired) electrons. The predicted octanol–water partition coefficient (Wildman–Crippen LogP) is 2.87. The lowest BCUT2D eigenvalue weighted by atomic mass is 10.00. The molecule has 0 bridgehead atoms. The number of nitrogens with two attached hydrogens (primary N) is 1. The van der Waals surface area contributed by atoms with Gasteiger partial charge >= 0.3 is 11.7 Å². The first kappa shape index (κ1) is 28.0. The fourth-order valence-electron chi connectivity index (χ4n) is 3.87. The number of benzene rings is 2. The zero-order chi connectivity index (χ0) is 28.6. The number of carbonyl (C=O) groups is 1. The van der Waals surface area contributed by atoms with Gasteiger partial charge in [0, 0.05) is 42.6 Å². The first-order valence-electron chi connectivity index (χ1n) is 12.5. The van der Waals surface area contributed by atoms with Crippen molar-refractivity contribution in [2.45, 2.75) is 32.7 Å². The molecule has 1 unspecified atom stereocenters. The standard InChI is InChI=1S/C27H29FN8O4/c1-3-17-14-20(22(28)21(15-17)40-13-5-12-39-16(2)37)23(33-19-8-6-18(7-9-19)24(29)30)25-34-27(38)36(35-25)26-31-10-4-11-32-26/h4,6-11,14-15,23,33H,3,5,12-13H2,1-2H3,(H3,29,30)(H,34,35,38). The molecule has 208 valence electrons. The average molecular weight is 549 g/mol. The van der Waals surface area contributed by atoms with E-state index in [-0.39, 0.29) is 42.1 Å². The van der Waals surface area contributed by atoms with E-state index in [0.717, 1.165) is 10.2 Å². The number of hydrogen-bond acceptors (Lipinski definition) is 9. The fourth-order valence-corrected chi connectivity index (χ4v) is 3.87. The molecule has 4 rings (SSSR count). The molecule has 0 aliphatic rings. The summed E-state index contributed by atoms with van der Waals surface area (Å²) in [6, 6.07) is 10.6. The van der Waals surface area contributed by atoms with Gasteiger partial charge in [-0.25, -0.2) is 19.2 Å². The highest BCUT2D eigenvalue weighted by molar-refractivity contribution is 5.95. The minimum Gasteiger partial charge on any atom is -0.490 e. The van der Waals surface area contributed by atoms with E-state index in [1.54, 1.807) is 42.5 Å². The van der Waals surface area contributed by atoms with Crippen LogP contribution in [0.5, 0.6) is 5.75 Å². The number of esters is 1. The van der Waals surface area contributed by atoms with Gasteiger partial charge in [-0.15, -0.1) is 9.78 Å². The molecule has 0 saturated carbocycles. The van der Waals surface area contributed by atoms with Crippen LogP contribution in [-0.2, 0) is 16.0 Å². The van der Waals surface area contributed by atoms with Gasteiger partial charge in [-0.05, 0) is 48.4 Å². The predicted molar refractivity (Wildman–Crippen MR) is 145 cm³/mol. The summed E-state index contributed by atoms with van der Waals surface area (Å²) in [5.74, 6) is -0.953. The lowest BCUT2D eigenvalue weighted by Gasteiger charge is -2.21. The molecule has 12 nitrogen and oxygen atoms in total. The van der Waals surface area contributed by atoms with E-state index in [9.17, 15) is 9.59 Å². The Balaban J connectivity index is 1.74. The van der Waals surface area contributed by atoms with Gasteiger partial charge in [0.1, 0.15) is 11.9 Å². The number of nitrogens with one attached hydrogen (secondary N) is 3. The van der Waals surface area contributed by atoms with Gasteiger partial charge in [-0.1, -0.05) is 13.0 Å². The third-order valence-corrected chi connectivity index (χ3v) is 5.86. The number of H-pyrrole nitrogens is 1. The Labute approximate surface area is 228 Å². The molecule has 40 heavy (non-hydrogen) atoms. The highest BCUT2D eigenvalue weighted by atomic mass is 19.1. The normalized spacial score (nSPS) is 11.6. The van der Waals surface area contributed by atoms with Crippen molar-refractivity contribution in [3.63, 3.8) is 0 Å². The van der Waals surface area contributed by atoms with Gasteiger partial charge in [0.2, 0.25) is 0 Å². The van der Waals surface area contributed by atoms with Gasteiger partial charge in [-0.2, -0.15) is 0 Å². The van der Waals surface area contributed by atoms with Crippen LogP contribution in [0.15, 0.2) is 59.7 Å². The molecule has 5 N–H and O–H groups in total. The van der Waals surface area contributed by atoms with Gasteiger partial charge in [0.05, 0.1) is 13.2 Å². The minimum atomic E-state index is -0.962. The number of aromatic amines is 1. The topological polar surface area (TPSA) is 174 Å². The number of hydrogen-bond donors (Lipinski definition) is 4.